The van der Waals surface area contributed by atoms with Crippen LogP contribution in [0.25, 0.3) is 0 Å². The van der Waals surface area contributed by atoms with E-state index in [2.05, 4.69) is 38.2 Å². The zero-order valence-electron chi connectivity index (χ0n) is 19.8. The topological polar surface area (TPSA) is 0 Å². The first-order valence-corrected chi connectivity index (χ1v) is 13.6. The highest BCUT2D eigenvalue weighted by Crippen LogP contribution is 2.42. The first kappa shape index (κ1) is 23.1. The van der Waals surface area contributed by atoms with Crippen LogP contribution in [0.5, 0.6) is 0 Å². The molecule has 0 spiro atoms. The van der Waals surface area contributed by atoms with E-state index < -0.39 is 0 Å². The molecule has 3 saturated carbocycles. The van der Waals surface area contributed by atoms with Gasteiger partial charge in [0.05, 0.1) is 0 Å². The number of hydrogen-bond acceptors (Lipinski definition) is 0. The summed E-state index contributed by atoms with van der Waals surface area (Å²) in [5.41, 5.74) is 0. The van der Waals surface area contributed by atoms with Crippen LogP contribution < -0.4 is 0 Å². The minimum atomic E-state index is 0.888. The van der Waals surface area contributed by atoms with E-state index in [4.69, 9.17) is 0 Å². The Morgan fingerprint density at radius 1 is 0.552 bits per heavy atom. The standard InChI is InChI=1S/C29H50/c1-3-5-9-25-12-14-26(15-13-25)10-6-7-11-27-18-22-29(23-19-27)28-20-16-24(8-4-2)17-21-28/h5,7,9,11,24-29H,3-4,6,8,10,12-23H2,1-2H3/b9-5+,11-7+. The SMILES string of the molecule is CC/C=C/C1CCC(CC/C=C/C2CCC(C3CCC(CCC)CC3)CC2)CC1. The van der Waals surface area contributed by atoms with Gasteiger partial charge >= 0.3 is 0 Å². The van der Waals surface area contributed by atoms with Gasteiger partial charge < -0.3 is 0 Å². The van der Waals surface area contributed by atoms with Crippen LogP contribution in [-0.4, -0.2) is 0 Å². The summed E-state index contributed by atoms with van der Waals surface area (Å²) in [4.78, 5) is 0. The van der Waals surface area contributed by atoms with Gasteiger partial charge in [0.15, 0.2) is 0 Å². The smallest absolute Gasteiger partial charge is 0.0233 e. The van der Waals surface area contributed by atoms with Gasteiger partial charge in [-0.25, -0.2) is 0 Å². The van der Waals surface area contributed by atoms with Gasteiger partial charge in [-0.15, -0.1) is 0 Å². The minimum Gasteiger partial charge on any atom is -0.0885 e. The van der Waals surface area contributed by atoms with Crippen molar-refractivity contribution in [1.29, 1.82) is 0 Å². The normalized spacial score (nSPS) is 36.8. The minimum absolute atomic E-state index is 0.888. The van der Waals surface area contributed by atoms with Crippen LogP contribution >= 0.6 is 0 Å². The fourth-order valence-electron chi connectivity index (χ4n) is 6.78. The van der Waals surface area contributed by atoms with E-state index in [-0.39, 0.29) is 0 Å². The summed E-state index contributed by atoms with van der Waals surface area (Å²) in [6.07, 6.45) is 34.9. The van der Waals surface area contributed by atoms with Gasteiger partial charge in [0.25, 0.3) is 0 Å². The van der Waals surface area contributed by atoms with Crippen molar-refractivity contribution in [1.82, 2.24) is 0 Å². The Labute approximate surface area is 183 Å². The lowest BCUT2D eigenvalue weighted by molar-refractivity contribution is 0.152. The van der Waals surface area contributed by atoms with Crippen LogP contribution in [0.2, 0.25) is 0 Å². The van der Waals surface area contributed by atoms with Crippen LogP contribution in [-0.2, 0) is 0 Å². The van der Waals surface area contributed by atoms with E-state index in [0.29, 0.717) is 0 Å². The van der Waals surface area contributed by atoms with Crippen molar-refractivity contribution < 1.29 is 0 Å². The van der Waals surface area contributed by atoms with E-state index in [1.807, 2.05) is 0 Å². The molecule has 29 heavy (non-hydrogen) atoms. The third kappa shape index (κ3) is 7.91. The Bertz CT molecular complexity index is 462. The number of hydrogen-bond donors (Lipinski definition) is 0. The third-order valence-corrected chi connectivity index (χ3v) is 8.76. The van der Waals surface area contributed by atoms with Gasteiger partial charge in [-0.2, -0.15) is 0 Å². The highest BCUT2D eigenvalue weighted by molar-refractivity contribution is 4.94. The van der Waals surface area contributed by atoms with Crippen molar-refractivity contribution >= 4 is 0 Å². The van der Waals surface area contributed by atoms with Gasteiger partial charge in [0.1, 0.15) is 0 Å². The fourth-order valence-corrected chi connectivity index (χ4v) is 6.78. The van der Waals surface area contributed by atoms with Crippen molar-refractivity contribution in [3.8, 4) is 0 Å². The maximum absolute atomic E-state index is 2.62. The molecule has 0 heterocycles. The molecule has 3 fully saturated rings. The Kier molecular flexibility index (Phi) is 10.4. The molecule has 0 radical (unpaired) electrons. The van der Waals surface area contributed by atoms with Crippen LogP contribution in [0.4, 0.5) is 0 Å². The molecule has 3 aliphatic rings. The third-order valence-electron chi connectivity index (χ3n) is 8.76. The molecular weight excluding hydrogens is 348 g/mol. The van der Waals surface area contributed by atoms with Gasteiger partial charge in [0, 0.05) is 0 Å². The molecule has 0 atom stereocenters. The number of allylic oxidation sites excluding steroid dienone is 4. The lowest BCUT2D eigenvalue weighted by atomic mass is 9.68. The molecule has 3 rings (SSSR count). The molecule has 0 nitrogen and oxygen atoms in total. The Morgan fingerprint density at radius 2 is 1.03 bits per heavy atom. The Balaban J connectivity index is 1.25. The van der Waals surface area contributed by atoms with Gasteiger partial charge in [-0.1, -0.05) is 63.8 Å². The molecule has 0 aromatic carbocycles. The molecule has 0 N–H and O–H groups in total. The highest BCUT2D eigenvalue weighted by atomic mass is 14.4. The first-order chi connectivity index (χ1) is 14.3. The Morgan fingerprint density at radius 3 is 1.62 bits per heavy atom. The zero-order valence-corrected chi connectivity index (χ0v) is 19.8. The van der Waals surface area contributed by atoms with E-state index in [1.54, 1.807) is 12.8 Å². The highest BCUT2D eigenvalue weighted by Gasteiger charge is 2.30. The van der Waals surface area contributed by atoms with Crippen LogP contribution in [0.3, 0.4) is 0 Å². The summed E-state index contributed by atoms with van der Waals surface area (Å²) < 4.78 is 0. The second kappa shape index (κ2) is 13.0. The molecule has 0 amide bonds. The summed E-state index contributed by atoms with van der Waals surface area (Å²) in [6, 6.07) is 0. The predicted molar refractivity (Wildman–Crippen MR) is 129 cm³/mol. The molecule has 0 aliphatic heterocycles. The molecule has 166 valence electrons. The molecule has 0 aromatic rings. The summed E-state index contributed by atoms with van der Waals surface area (Å²) >= 11 is 0. The molecule has 0 bridgehead atoms. The Hall–Kier alpha value is -0.520. The van der Waals surface area contributed by atoms with Crippen molar-refractivity contribution in [2.75, 3.05) is 0 Å². The van der Waals surface area contributed by atoms with Crippen molar-refractivity contribution in [3.63, 3.8) is 0 Å². The fraction of sp³-hybridized carbons (Fsp3) is 0.862. The predicted octanol–water partition coefficient (Wildman–Crippen LogP) is 9.51. The van der Waals surface area contributed by atoms with Crippen LogP contribution in [0.15, 0.2) is 24.3 Å². The average molecular weight is 399 g/mol. The largest absolute Gasteiger partial charge is 0.0885 e. The van der Waals surface area contributed by atoms with Gasteiger partial charge in [-0.3, -0.25) is 0 Å². The zero-order chi connectivity index (χ0) is 20.3. The lowest BCUT2D eigenvalue weighted by Crippen LogP contribution is -2.25. The number of rotatable bonds is 9. The molecule has 3 aliphatic carbocycles. The van der Waals surface area contributed by atoms with Gasteiger partial charge in [-0.05, 0) is 119 Å². The second-order valence-corrected chi connectivity index (χ2v) is 10.9. The molecule has 0 unspecified atom stereocenters. The summed E-state index contributed by atoms with van der Waals surface area (Å²) in [6.45, 7) is 4.61. The maximum atomic E-state index is 2.62. The first-order valence-electron chi connectivity index (χ1n) is 13.6. The van der Waals surface area contributed by atoms with E-state index in [9.17, 15) is 0 Å². The van der Waals surface area contributed by atoms with Crippen LogP contribution in [0.1, 0.15) is 123 Å². The van der Waals surface area contributed by atoms with Gasteiger partial charge in [0.2, 0.25) is 0 Å². The molecular formula is C29H50. The average Bonchev–Trinajstić information content (AvgIpc) is 2.77. The molecule has 0 saturated heterocycles. The monoisotopic (exact) mass is 398 g/mol. The molecule has 0 aromatic heterocycles. The van der Waals surface area contributed by atoms with E-state index >= 15 is 0 Å². The van der Waals surface area contributed by atoms with Crippen molar-refractivity contribution in [2.45, 2.75) is 123 Å². The van der Waals surface area contributed by atoms with Crippen molar-refractivity contribution in [3.05, 3.63) is 24.3 Å². The van der Waals surface area contributed by atoms with Crippen molar-refractivity contribution in [2.24, 2.45) is 35.5 Å². The molecule has 0 heteroatoms. The summed E-state index contributed by atoms with van der Waals surface area (Å²) in [7, 11) is 0. The quantitative estimate of drug-likeness (QED) is 0.339. The van der Waals surface area contributed by atoms with Crippen LogP contribution in [0, 0.1) is 35.5 Å². The summed E-state index contributed by atoms with van der Waals surface area (Å²) in [5.74, 6) is 6.01. The maximum Gasteiger partial charge on any atom is -0.0233 e. The van der Waals surface area contributed by atoms with E-state index in [0.717, 1.165) is 35.5 Å². The lowest BCUT2D eigenvalue weighted by Gasteiger charge is -2.37. The second-order valence-electron chi connectivity index (χ2n) is 10.9. The summed E-state index contributed by atoms with van der Waals surface area (Å²) in [5, 5.41) is 0. The van der Waals surface area contributed by atoms with E-state index in [1.165, 1.54) is 96.3 Å².